The number of hydrogen-bond acceptors (Lipinski definition) is 3. The Morgan fingerprint density at radius 1 is 1.32 bits per heavy atom. The van der Waals surface area contributed by atoms with Gasteiger partial charge in [0.05, 0.1) is 17.7 Å². The van der Waals surface area contributed by atoms with E-state index in [1.54, 1.807) is 0 Å². The molecule has 1 rings (SSSR count). The number of benzene rings is 1. The van der Waals surface area contributed by atoms with E-state index in [2.05, 4.69) is 51.0 Å². The van der Waals surface area contributed by atoms with Crippen molar-refractivity contribution >= 4 is 31.9 Å². The SMILES string of the molecule is CCOc1c(Br)cc(Br)cc1CN[C@H](CO)C(C)C. The highest BCUT2D eigenvalue weighted by atomic mass is 79.9. The third-order valence-electron chi connectivity index (χ3n) is 2.93. The number of hydrogen-bond donors (Lipinski definition) is 2. The molecule has 5 heteroatoms. The monoisotopic (exact) mass is 393 g/mol. The van der Waals surface area contributed by atoms with Crippen molar-refractivity contribution in [1.29, 1.82) is 0 Å². The Hall–Kier alpha value is -0.100. The van der Waals surface area contributed by atoms with Crippen LogP contribution in [-0.2, 0) is 6.54 Å². The summed E-state index contributed by atoms with van der Waals surface area (Å²) in [4.78, 5) is 0. The minimum atomic E-state index is 0.0900. The van der Waals surface area contributed by atoms with Crippen molar-refractivity contribution in [2.45, 2.75) is 33.4 Å². The molecule has 0 amide bonds. The molecule has 19 heavy (non-hydrogen) atoms. The quantitative estimate of drug-likeness (QED) is 0.740. The molecule has 0 heterocycles. The van der Waals surface area contributed by atoms with Crippen molar-refractivity contribution < 1.29 is 9.84 Å². The Bertz CT molecular complexity index is 411. The van der Waals surface area contributed by atoms with Gasteiger partial charge in [-0.25, -0.2) is 0 Å². The maximum Gasteiger partial charge on any atom is 0.138 e. The van der Waals surface area contributed by atoms with Gasteiger partial charge in [-0.3, -0.25) is 0 Å². The molecule has 0 spiro atoms. The van der Waals surface area contributed by atoms with Gasteiger partial charge < -0.3 is 15.2 Å². The van der Waals surface area contributed by atoms with Gasteiger partial charge in [0.25, 0.3) is 0 Å². The fourth-order valence-electron chi connectivity index (χ4n) is 1.80. The van der Waals surface area contributed by atoms with Gasteiger partial charge >= 0.3 is 0 Å². The van der Waals surface area contributed by atoms with Crippen LogP contribution in [0.2, 0.25) is 0 Å². The summed E-state index contributed by atoms with van der Waals surface area (Å²) in [5, 5.41) is 12.7. The lowest BCUT2D eigenvalue weighted by atomic mass is 10.0. The standard InChI is InChI=1S/C14H21Br2NO2/c1-4-19-14-10(5-11(15)6-12(14)16)7-17-13(8-18)9(2)3/h5-6,9,13,17-18H,4,7-8H2,1-3H3/t13-/m1/s1. The molecule has 3 nitrogen and oxygen atoms in total. The highest BCUT2D eigenvalue weighted by Gasteiger charge is 2.14. The summed E-state index contributed by atoms with van der Waals surface area (Å²) >= 11 is 7.01. The predicted molar refractivity (Wildman–Crippen MR) is 85.6 cm³/mol. The molecular formula is C14H21Br2NO2. The number of ether oxygens (including phenoxy) is 1. The second-order valence-electron chi connectivity index (χ2n) is 4.72. The van der Waals surface area contributed by atoms with E-state index in [4.69, 9.17) is 4.74 Å². The van der Waals surface area contributed by atoms with Gasteiger partial charge in [0.1, 0.15) is 5.75 Å². The number of aliphatic hydroxyl groups is 1. The van der Waals surface area contributed by atoms with E-state index in [-0.39, 0.29) is 12.6 Å². The van der Waals surface area contributed by atoms with Crippen LogP contribution in [0.4, 0.5) is 0 Å². The minimum absolute atomic E-state index is 0.0900. The van der Waals surface area contributed by atoms with Crippen LogP contribution < -0.4 is 10.1 Å². The average molecular weight is 395 g/mol. The highest BCUT2D eigenvalue weighted by molar-refractivity contribution is 9.11. The number of aliphatic hydroxyl groups excluding tert-OH is 1. The summed E-state index contributed by atoms with van der Waals surface area (Å²) in [7, 11) is 0. The van der Waals surface area contributed by atoms with Gasteiger partial charge in [0, 0.05) is 22.6 Å². The molecule has 0 aliphatic carbocycles. The maximum absolute atomic E-state index is 9.34. The molecule has 2 N–H and O–H groups in total. The van der Waals surface area contributed by atoms with Crippen LogP contribution in [-0.4, -0.2) is 24.4 Å². The Kier molecular flexibility index (Phi) is 7.36. The fourth-order valence-corrected chi connectivity index (χ4v) is 3.23. The fraction of sp³-hybridized carbons (Fsp3) is 0.571. The van der Waals surface area contributed by atoms with Crippen molar-refractivity contribution in [1.82, 2.24) is 5.32 Å². The molecule has 0 aliphatic rings. The van der Waals surface area contributed by atoms with Crippen LogP contribution in [0.5, 0.6) is 5.75 Å². The number of nitrogens with one attached hydrogen (secondary N) is 1. The van der Waals surface area contributed by atoms with E-state index in [1.165, 1.54) is 0 Å². The van der Waals surface area contributed by atoms with Crippen molar-refractivity contribution in [2.75, 3.05) is 13.2 Å². The van der Waals surface area contributed by atoms with E-state index < -0.39 is 0 Å². The zero-order valence-electron chi connectivity index (χ0n) is 11.5. The Morgan fingerprint density at radius 2 is 2.00 bits per heavy atom. The Labute approximate surface area is 132 Å². The summed E-state index contributed by atoms with van der Waals surface area (Å²) in [6.45, 7) is 7.58. The third kappa shape index (κ3) is 5.06. The smallest absolute Gasteiger partial charge is 0.138 e. The van der Waals surface area contributed by atoms with E-state index in [0.29, 0.717) is 19.1 Å². The molecule has 0 radical (unpaired) electrons. The topological polar surface area (TPSA) is 41.5 Å². The van der Waals surface area contributed by atoms with Crippen LogP contribution in [0, 0.1) is 5.92 Å². The number of rotatable bonds is 7. The lowest BCUT2D eigenvalue weighted by Crippen LogP contribution is -2.36. The van der Waals surface area contributed by atoms with Crippen molar-refractivity contribution in [2.24, 2.45) is 5.92 Å². The summed E-state index contributed by atoms with van der Waals surface area (Å²) in [6, 6.07) is 4.10. The minimum Gasteiger partial charge on any atom is -0.492 e. The van der Waals surface area contributed by atoms with Gasteiger partial charge in [-0.2, -0.15) is 0 Å². The molecule has 1 aromatic rings. The zero-order valence-corrected chi connectivity index (χ0v) is 14.7. The van der Waals surface area contributed by atoms with Crippen molar-refractivity contribution in [3.8, 4) is 5.75 Å². The van der Waals surface area contributed by atoms with E-state index >= 15 is 0 Å². The molecule has 0 saturated heterocycles. The first-order valence-electron chi connectivity index (χ1n) is 6.44. The molecule has 0 saturated carbocycles. The average Bonchev–Trinajstić information content (AvgIpc) is 2.33. The Balaban J connectivity index is 2.86. The molecule has 108 valence electrons. The van der Waals surface area contributed by atoms with Gasteiger partial charge in [-0.05, 0) is 40.9 Å². The molecule has 1 aromatic carbocycles. The van der Waals surface area contributed by atoms with Crippen molar-refractivity contribution in [3.05, 3.63) is 26.6 Å². The summed E-state index contributed by atoms with van der Waals surface area (Å²) in [6.07, 6.45) is 0. The van der Waals surface area contributed by atoms with Crippen LogP contribution in [0.3, 0.4) is 0 Å². The molecule has 1 atom stereocenters. The second-order valence-corrected chi connectivity index (χ2v) is 6.49. The molecule has 0 aromatic heterocycles. The van der Waals surface area contributed by atoms with Gasteiger partial charge in [-0.15, -0.1) is 0 Å². The molecular weight excluding hydrogens is 374 g/mol. The van der Waals surface area contributed by atoms with E-state index in [9.17, 15) is 5.11 Å². The van der Waals surface area contributed by atoms with Gasteiger partial charge in [0.15, 0.2) is 0 Å². The first-order valence-corrected chi connectivity index (χ1v) is 8.03. The molecule has 0 aliphatic heterocycles. The van der Waals surface area contributed by atoms with Crippen LogP contribution in [0.15, 0.2) is 21.1 Å². The molecule has 0 fully saturated rings. The zero-order chi connectivity index (χ0) is 14.4. The van der Waals surface area contributed by atoms with E-state index in [1.807, 2.05) is 19.1 Å². The first kappa shape index (κ1) is 17.0. The largest absolute Gasteiger partial charge is 0.492 e. The number of halogens is 2. The van der Waals surface area contributed by atoms with Crippen LogP contribution in [0.1, 0.15) is 26.3 Å². The third-order valence-corrected chi connectivity index (χ3v) is 3.98. The van der Waals surface area contributed by atoms with Crippen LogP contribution >= 0.6 is 31.9 Å². The Morgan fingerprint density at radius 3 is 2.53 bits per heavy atom. The summed E-state index contributed by atoms with van der Waals surface area (Å²) in [5.74, 6) is 1.25. The van der Waals surface area contributed by atoms with E-state index in [0.717, 1.165) is 20.3 Å². The van der Waals surface area contributed by atoms with Crippen molar-refractivity contribution in [3.63, 3.8) is 0 Å². The van der Waals surface area contributed by atoms with Gasteiger partial charge in [0.2, 0.25) is 0 Å². The lowest BCUT2D eigenvalue weighted by Gasteiger charge is -2.21. The highest BCUT2D eigenvalue weighted by Crippen LogP contribution is 2.33. The maximum atomic E-state index is 9.34. The first-order chi connectivity index (χ1) is 8.99. The molecule has 0 bridgehead atoms. The molecule has 0 unspecified atom stereocenters. The predicted octanol–water partition coefficient (Wildman–Crippen LogP) is 3.72. The van der Waals surface area contributed by atoms with Gasteiger partial charge in [-0.1, -0.05) is 29.8 Å². The summed E-state index contributed by atoms with van der Waals surface area (Å²) < 4.78 is 7.62. The normalized spacial score (nSPS) is 12.8. The lowest BCUT2D eigenvalue weighted by molar-refractivity contribution is 0.209. The van der Waals surface area contributed by atoms with Crippen LogP contribution in [0.25, 0.3) is 0 Å². The second kappa shape index (κ2) is 8.25. The summed E-state index contributed by atoms with van der Waals surface area (Å²) in [5.41, 5.74) is 1.07.